The van der Waals surface area contributed by atoms with Gasteiger partial charge in [-0.1, -0.05) is 12.8 Å². The Balaban J connectivity index is 1.88. The number of hydrogen-bond donors (Lipinski definition) is 1. The fraction of sp³-hybridized carbons (Fsp3) is 0.667. The summed E-state index contributed by atoms with van der Waals surface area (Å²) < 4.78 is 1.25. The lowest BCUT2D eigenvalue weighted by atomic mass is 10.2. The van der Waals surface area contributed by atoms with E-state index >= 15 is 0 Å². The summed E-state index contributed by atoms with van der Waals surface area (Å²) in [6, 6.07) is 0.492. The summed E-state index contributed by atoms with van der Waals surface area (Å²) in [6.07, 6.45) is 5.71. The van der Waals surface area contributed by atoms with Gasteiger partial charge in [-0.25, -0.2) is 0 Å². The molecule has 1 aliphatic rings. The lowest BCUT2D eigenvalue weighted by Gasteiger charge is -2.18. The third kappa shape index (κ3) is 3.25. The zero-order valence-corrected chi connectivity index (χ0v) is 12.8. The molecule has 1 unspecified atom stereocenters. The number of hydrogen-bond acceptors (Lipinski definition) is 3. The molecule has 90 valence electrons. The highest BCUT2D eigenvalue weighted by Crippen LogP contribution is 2.34. The Kier molecular flexibility index (Phi) is 5.20. The largest absolute Gasteiger partial charge is 0.312 e. The molecule has 1 atom stereocenters. The molecule has 1 N–H and O–H groups in total. The Morgan fingerprint density at radius 2 is 2.25 bits per heavy atom. The van der Waals surface area contributed by atoms with Crippen molar-refractivity contribution in [2.45, 2.75) is 37.0 Å². The summed E-state index contributed by atoms with van der Waals surface area (Å²) in [5, 5.41) is 8.75. The molecular formula is C12H18BrNS2. The Morgan fingerprint density at radius 3 is 2.81 bits per heavy atom. The second-order valence-corrected chi connectivity index (χ2v) is 7.19. The number of thioether (sulfide) groups is 1. The summed E-state index contributed by atoms with van der Waals surface area (Å²) >= 11 is 7.54. The van der Waals surface area contributed by atoms with E-state index in [9.17, 15) is 0 Å². The molecule has 4 heteroatoms. The van der Waals surface area contributed by atoms with Crippen molar-refractivity contribution in [1.82, 2.24) is 5.32 Å². The van der Waals surface area contributed by atoms with Crippen molar-refractivity contribution in [2.24, 2.45) is 0 Å². The van der Waals surface area contributed by atoms with Crippen molar-refractivity contribution in [2.75, 3.05) is 12.8 Å². The van der Waals surface area contributed by atoms with Crippen LogP contribution in [0.4, 0.5) is 0 Å². The molecule has 0 aliphatic heterocycles. The van der Waals surface area contributed by atoms with Crippen molar-refractivity contribution >= 4 is 39.0 Å². The predicted octanol–water partition coefficient (Wildman–Crippen LogP) is 4.45. The molecule has 1 heterocycles. The minimum Gasteiger partial charge on any atom is -0.312 e. The van der Waals surface area contributed by atoms with E-state index in [4.69, 9.17) is 0 Å². The molecule has 0 aromatic carbocycles. The fourth-order valence-electron chi connectivity index (χ4n) is 2.16. The van der Waals surface area contributed by atoms with Crippen LogP contribution in [0.15, 0.2) is 15.2 Å². The van der Waals surface area contributed by atoms with Crippen LogP contribution in [0.3, 0.4) is 0 Å². The van der Waals surface area contributed by atoms with Gasteiger partial charge in [0.1, 0.15) is 0 Å². The summed E-state index contributed by atoms with van der Waals surface area (Å²) in [5.74, 6) is 1.19. The van der Waals surface area contributed by atoms with Crippen LogP contribution >= 0.6 is 39.0 Å². The first-order valence-corrected chi connectivity index (χ1v) is 8.60. The van der Waals surface area contributed by atoms with Gasteiger partial charge in [0.2, 0.25) is 0 Å². The molecule has 0 amide bonds. The third-order valence-electron chi connectivity index (χ3n) is 3.17. The highest BCUT2D eigenvalue weighted by molar-refractivity contribution is 9.10. The first-order valence-electron chi connectivity index (χ1n) is 5.81. The summed E-state index contributed by atoms with van der Waals surface area (Å²) in [5.41, 5.74) is 1.41. The highest BCUT2D eigenvalue weighted by Gasteiger charge is 2.19. The van der Waals surface area contributed by atoms with Gasteiger partial charge < -0.3 is 5.32 Å². The molecule has 0 bridgehead atoms. The van der Waals surface area contributed by atoms with Crippen LogP contribution in [0.1, 0.15) is 37.3 Å². The smallest absolute Gasteiger partial charge is 0.0429 e. The zero-order valence-electron chi connectivity index (χ0n) is 9.54. The van der Waals surface area contributed by atoms with Gasteiger partial charge in [-0.2, -0.15) is 23.1 Å². The molecule has 1 saturated carbocycles. The van der Waals surface area contributed by atoms with Crippen LogP contribution in [-0.2, 0) is 0 Å². The van der Waals surface area contributed by atoms with Crippen LogP contribution in [0.2, 0.25) is 0 Å². The normalized spacial score (nSPS) is 19.1. The van der Waals surface area contributed by atoms with E-state index in [2.05, 4.69) is 50.8 Å². The molecule has 2 rings (SSSR count). The lowest BCUT2D eigenvalue weighted by Crippen LogP contribution is -2.19. The molecule has 1 aromatic heterocycles. The Labute approximate surface area is 115 Å². The van der Waals surface area contributed by atoms with E-state index < -0.39 is 0 Å². The molecule has 0 radical (unpaired) electrons. The van der Waals surface area contributed by atoms with Gasteiger partial charge in [0.25, 0.3) is 0 Å². The third-order valence-corrected chi connectivity index (χ3v) is 6.39. The molecule has 1 nitrogen and oxygen atoms in total. The highest BCUT2D eigenvalue weighted by atomic mass is 79.9. The number of thiophene rings is 1. The van der Waals surface area contributed by atoms with Gasteiger partial charge in [-0.15, -0.1) is 0 Å². The van der Waals surface area contributed by atoms with Crippen LogP contribution < -0.4 is 5.32 Å². The van der Waals surface area contributed by atoms with Gasteiger partial charge in [-0.05, 0) is 46.8 Å². The van der Waals surface area contributed by atoms with Crippen LogP contribution in [0, 0.1) is 0 Å². The van der Waals surface area contributed by atoms with Gasteiger partial charge in [0.15, 0.2) is 0 Å². The van der Waals surface area contributed by atoms with Crippen molar-refractivity contribution in [3.63, 3.8) is 0 Å². The number of halogens is 1. The van der Waals surface area contributed by atoms with Crippen LogP contribution in [0.5, 0.6) is 0 Å². The quantitative estimate of drug-likeness (QED) is 0.860. The Hall–Kier alpha value is 0.490. The topological polar surface area (TPSA) is 12.0 Å². The van der Waals surface area contributed by atoms with E-state index in [1.165, 1.54) is 41.5 Å². The summed E-state index contributed by atoms with van der Waals surface area (Å²) in [4.78, 5) is 0. The molecular weight excluding hydrogens is 302 g/mol. The fourth-order valence-corrected chi connectivity index (χ4v) is 5.26. The van der Waals surface area contributed by atoms with E-state index in [1.807, 2.05) is 0 Å². The van der Waals surface area contributed by atoms with E-state index in [0.717, 1.165) is 5.25 Å². The van der Waals surface area contributed by atoms with Crippen molar-refractivity contribution in [3.05, 3.63) is 20.8 Å². The maximum atomic E-state index is 3.62. The lowest BCUT2D eigenvalue weighted by molar-refractivity contribution is 0.659. The second kappa shape index (κ2) is 6.43. The SMILES string of the molecule is CNC(CSC1CCCC1)c1cscc1Br. The monoisotopic (exact) mass is 319 g/mol. The standard InChI is InChI=1S/C12H18BrNS2/c1-14-12(10-6-15-7-11(10)13)8-16-9-4-2-3-5-9/h6-7,9,12,14H,2-5,8H2,1H3. The maximum Gasteiger partial charge on any atom is 0.0429 e. The van der Waals surface area contributed by atoms with Crippen LogP contribution in [-0.4, -0.2) is 18.1 Å². The van der Waals surface area contributed by atoms with E-state index in [1.54, 1.807) is 11.3 Å². The van der Waals surface area contributed by atoms with Gasteiger partial charge in [-0.3, -0.25) is 0 Å². The molecule has 16 heavy (non-hydrogen) atoms. The average molecular weight is 320 g/mol. The van der Waals surface area contributed by atoms with E-state index in [0.29, 0.717) is 6.04 Å². The molecule has 1 fully saturated rings. The molecule has 1 aromatic rings. The van der Waals surface area contributed by atoms with Crippen molar-refractivity contribution in [1.29, 1.82) is 0 Å². The van der Waals surface area contributed by atoms with Gasteiger partial charge in [0, 0.05) is 26.9 Å². The minimum atomic E-state index is 0.492. The Morgan fingerprint density at radius 1 is 1.50 bits per heavy atom. The molecule has 0 saturated heterocycles. The summed E-state index contributed by atoms with van der Waals surface area (Å²) in [6.45, 7) is 0. The first-order chi connectivity index (χ1) is 7.81. The van der Waals surface area contributed by atoms with E-state index in [-0.39, 0.29) is 0 Å². The van der Waals surface area contributed by atoms with Crippen molar-refractivity contribution in [3.8, 4) is 0 Å². The van der Waals surface area contributed by atoms with Gasteiger partial charge >= 0.3 is 0 Å². The minimum absolute atomic E-state index is 0.492. The second-order valence-electron chi connectivity index (χ2n) is 4.26. The zero-order chi connectivity index (χ0) is 11.4. The summed E-state index contributed by atoms with van der Waals surface area (Å²) in [7, 11) is 2.06. The average Bonchev–Trinajstić information content (AvgIpc) is 2.92. The first kappa shape index (κ1) is 12.9. The van der Waals surface area contributed by atoms with Gasteiger partial charge in [0.05, 0.1) is 0 Å². The molecule has 1 aliphatic carbocycles. The Bertz CT molecular complexity index is 321. The molecule has 0 spiro atoms. The van der Waals surface area contributed by atoms with Crippen molar-refractivity contribution < 1.29 is 0 Å². The predicted molar refractivity (Wildman–Crippen MR) is 78.5 cm³/mol. The maximum absolute atomic E-state index is 3.62. The van der Waals surface area contributed by atoms with Crippen LogP contribution in [0.25, 0.3) is 0 Å². The number of nitrogens with one attached hydrogen (secondary N) is 1. The number of rotatable bonds is 5.